The molecule has 0 radical (unpaired) electrons. The first-order valence-electron chi connectivity index (χ1n) is 4.97. The topological polar surface area (TPSA) is 60.2 Å². The fourth-order valence-electron chi connectivity index (χ4n) is 1.87. The van der Waals surface area contributed by atoms with Crippen LogP contribution in [0.2, 0.25) is 0 Å². The molecule has 0 saturated carbocycles. The highest BCUT2D eigenvalue weighted by atomic mass is 32.2. The fraction of sp³-hybridized carbons (Fsp3) is 1.00. The molecule has 0 spiro atoms. The van der Waals surface area contributed by atoms with Crippen molar-refractivity contribution in [1.82, 2.24) is 0 Å². The van der Waals surface area contributed by atoms with Crippen molar-refractivity contribution in [3.63, 3.8) is 0 Å². The normalized spacial score (nSPS) is 32.2. The lowest BCUT2D eigenvalue weighted by Gasteiger charge is -2.21. The largest absolute Gasteiger partial charge is 0.324 e. The molecular formula is C9H19NO2S. The average Bonchev–Trinajstić information content (AvgIpc) is 2.27. The van der Waals surface area contributed by atoms with Crippen LogP contribution in [0.3, 0.4) is 0 Å². The average molecular weight is 205 g/mol. The van der Waals surface area contributed by atoms with Crippen molar-refractivity contribution in [2.75, 3.05) is 11.5 Å². The van der Waals surface area contributed by atoms with Gasteiger partial charge in [0.1, 0.15) is 0 Å². The van der Waals surface area contributed by atoms with Gasteiger partial charge in [0.05, 0.1) is 11.5 Å². The zero-order chi connectivity index (χ0) is 9.95. The molecule has 1 atom stereocenters. The van der Waals surface area contributed by atoms with Gasteiger partial charge in [0, 0.05) is 5.54 Å². The van der Waals surface area contributed by atoms with Crippen molar-refractivity contribution in [3.05, 3.63) is 0 Å². The summed E-state index contributed by atoms with van der Waals surface area (Å²) in [5.74, 6) is 0.485. The number of unbranched alkanes of at least 4 members (excludes halogenated alkanes) is 2. The van der Waals surface area contributed by atoms with E-state index in [2.05, 4.69) is 6.92 Å². The minimum atomic E-state index is -2.82. The van der Waals surface area contributed by atoms with Gasteiger partial charge >= 0.3 is 0 Å². The second-order valence-electron chi connectivity index (χ2n) is 4.16. The van der Waals surface area contributed by atoms with Crippen molar-refractivity contribution >= 4 is 9.84 Å². The number of hydrogen-bond acceptors (Lipinski definition) is 3. The Kier molecular flexibility index (Phi) is 3.35. The summed E-state index contributed by atoms with van der Waals surface area (Å²) in [5, 5.41) is 0. The molecular weight excluding hydrogens is 186 g/mol. The van der Waals surface area contributed by atoms with E-state index < -0.39 is 15.4 Å². The summed E-state index contributed by atoms with van der Waals surface area (Å²) in [6, 6.07) is 0. The molecule has 4 heteroatoms. The molecule has 1 rings (SSSR count). The van der Waals surface area contributed by atoms with Gasteiger partial charge in [-0.1, -0.05) is 26.2 Å². The van der Waals surface area contributed by atoms with E-state index >= 15 is 0 Å². The van der Waals surface area contributed by atoms with Gasteiger partial charge in [0.2, 0.25) is 0 Å². The Balaban J connectivity index is 2.41. The molecule has 0 aromatic rings. The molecule has 0 amide bonds. The van der Waals surface area contributed by atoms with Crippen molar-refractivity contribution in [2.24, 2.45) is 5.73 Å². The minimum Gasteiger partial charge on any atom is -0.324 e. The monoisotopic (exact) mass is 205 g/mol. The maximum Gasteiger partial charge on any atom is 0.152 e. The third-order valence-corrected chi connectivity index (χ3v) is 4.54. The van der Waals surface area contributed by atoms with E-state index in [4.69, 9.17) is 5.73 Å². The van der Waals surface area contributed by atoms with Crippen LogP contribution >= 0.6 is 0 Å². The van der Waals surface area contributed by atoms with Crippen molar-refractivity contribution < 1.29 is 8.42 Å². The summed E-state index contributed by atoms with van der Waals surface area (Å²) in [7, 11) is -2.82. The first-order valence-corrected chi connectivity index (χ1v) is 6.79. The van der Waals surface area contributed by atoms with Crippen molar-refractivity contribution in [2.45, 2.75) is 44.6 Å². The smallest absolute Gasteiger partial charge is 0.152 e. The Labute approximate surface area is 80.6 Å². The van der Waals surface area contributed by atoms with Crippen LogP contribution in [0.25, 0.3) is 0 Å². The maximum atomic E-state index is 11.2. The predicted molar refractivity (Wildman–Crippen MR) is 54.3 cm³/mol. The maximum absolute atomic E-state index is 11.2. The van der Waals surface area contributed by atoms with Gasteiger partial charge in [-0.2, -0.15) is 0 Å². The molecule has 1 heterocycles. The molecule has 78 valence electrons. The SMILES string of the molecule is CCCCCC1(N)CCS(=O)(=O)C1. The summed E-state index contributed by atoms with van der Waals surface area (Å²) in [6.07, 6.45) is 4.88. The second-order valence-corrected chi connectivity index (χ2v) is 6.35. The highest BCUT2D eigenvalue weighted by Gasteiger charge is 2.38. The molecule has 1 saturated heterocycles. The Bertz CT molecular complexity index is 261. The molecule has 1 fully saturated rings. The van der Waals surface area contributed by atoms with Crippen LogP contribution < -0.4 is 5.73 Å². The van der Waals surface area contributed by atoms with Crippen molar-refractivity contribution in [1.29, 1.82) is 0 Å². The quantitative estimate of drug-likeness (QED) is 0.699. The summed E-state index contributed by atoms with van der Waals surface area (Å²) in [6.45, 7) is 2.13. The van der Waals surface area contributed by atoms with E-state index in [9.17, 15) is 8.42 Å². The highest BCUT2D eigenvalue weighted by Crippen LogP contribution is 2.26. The lowest BCUT2D eigenvalue weighted by atomic mass is 9.93. The standard InChI is InChI=1S/C9H19NO2S/c1-2-3-4-5-9(10)6-7-13(11,12)8-9/h2-8,10H2,1H3. The molecule has 2 N–H and O–H groups in total. The van der Waals surface area contributed by atoms with Crippen LogP contribution in [-0.2, 0) is 9.84 Å². The summed E-state index contributed by atoms with van der Waals surface area (Å²) < 4.78 is 22.4. The zero-order valence-corrected chi connectivity index (χ0v) is 9.07. The first-order chi connectivity index (χ1) is 5.97. The van der Waals surface area contributed by atoms with E-state index in [1.54, 1.807) is 0 Å². The van der Waals surface area contributed by atoms with E-state index in [-0.39, 0.29) is 11.5 Å². The summed E-state index contributed by atoms with van der Waals surface area (Å²) in [5.41, 5.74) is 5.59. The molecule has 1 unspecified atom stereocenters. The lowest BCUT2D eigenvalue weighted by molar-refractivity contribution is 0.420. The fourth-order valence-corrected chi connectivity index (χ4v) is 3.89. The van der Waals surface area contributed by atoms with E-state index in [0.717, 1.165) is 25.7 Å². The van der Waals surface area contributed by atoms with E-state index in [0.29, 0.717) is 6.42 Å². The molecule has 0 aromatic carbocycles. The molecule has 0 aliphatic carbocycles. The van der Waals surface area contributed by atoms with Crippen LogP contribution in [0.1, 0.15) is 39.0 Å². The molecule has 3 nitrogen and oxygen atoms in total. The number of sulfone groups is 1. The molecule has 0 bridgehead atoms. The summed E-state index contributed by atoms with van der Waals surface area (Å²) in [4.78, 5) is 0. The van der Waals surface area contributed by atoms with Gasteiger partial charge in [-0.05, 0) is 12.8 Å². The van der Waals surface area contributed by atoms with Crippen LogP contribution in [0.5, 0.6) is 0 Å². The lowest BCUT2D eigenvalue weighted by Crippen LogP contribution is -2.40. The predicted octanol–water partition coefficient (Wildman–Crippen LogP) is 1.08. The molecule has 0 aromatic heterocycles. The van der Waals surface area contributed by atoms with Gasteiger partial charge in [0.15, 0.2) is 9.84 Å². The number of rotatable bonds is 4. The van der Waals surface area contributed by atoms with Crippen LogP contribution in [-0.4, -0.2) is 25.5 Å². The van der Waals surface area contributed by atoms with Gasteiger partial charge in [0.25, 0.3) is 0 Å². The Morgan fingerprint density at radius 1 is 1.38 bits per heavy atom. The first kappa shape index (κ1) is 11.0. The third kappa shape index (κ3) is 3.27. The highest BCUT2D eigenvalue weighted by molar-refractivity contribution is 7.91. The van der Waals surface area contributed by atoms with Gasteiger partial charge < -0.3 is 5.73 Å². The molecule has 1 aliphatic rings. The van der Waals surface area contributed by atoms with Gasteiger partial charge in [-0.25, -0.2) is 8.42 Å². The van der Waals surface area contributed by atoms with Crippen LogP contribution in [0.15, 0.2) is 0 Å². The Hall–Kier alpha value is -0.0900. The van der Waals surface area contributed by atoms with E-state index in [1.165, 1.54) is 0 Å². The van der Waals surface area contributed by atoms with Crippen molar-refractivity contribution in [3.8, 4) is 0 Å². The zero-order valence-electron chi connectivity index (χ0n) is 8.25. The minimum absolute atomic E-state index is 0.198. The van der Waals surface area contributed by atoms with E-state index in [1.807, 2.05) is 0 Å². The van der Waals surface area contributed by atoms with Crippen LogP contribution in [0, 0.1) is 0 Å². The second kappa shape index (κ2) is 3.96. The third-order valence-electron chi connectivity index (χ3n) is 2.70. The van der Waals surface area contributed by atoms with Gasteiger partial charge in [-0.3, -0.25) is 0 Å². The van der Waals surface area contributed by atoms with Gasteiger partial charge in [-0.15, -0.1) is 0 Å². The van der Waals surface area contributed by atoms with Crippen LogP contribution in [0.4, 0.5) is 0 Å². The number of nitrogens with two attached hydrogens (primary N) is 1. The number of hydrogen-bond donors (Lipinski definition) is 1. The summed E-state index contributed by atoms with van der Waals surface area (Å²) >= 11 is 0. The molecule has 13 heavy (non-hydrogen) atoms. The Morgan fingerprint density at radius 3 is 2.54 bits per heavy atom. The molecule has 1 aliphatic heterocycles. The Morgan fingerprint density at radius 2 is 2.08 bits per heavy atom.